The summed E-state index contributed by atoms with van der Waals surface area (Å²) in [6.07, 6.45) is 1.18. The number of piperidine rings is 1. The minimum absolute atomic E-state index is 0.222. The molecule has 1 aliphatic rings. The molecular weight excluding hydrogens is 332 g/mol. The zero-order valence-electron chi connectivity index (χ0n) is 15.1. The summed E-state index contributed by atoms with van der Waals surface area (Å²) >= 11 is 0. The van der Waals surface area contributed by atoms with Crippen LogP contribution in [-0.4, -0.2) is 55.8 Å². The first-order valence-electron chi connectivity index (χ1n) is 8.96. The number of aromatic nitrogens is 4. The molecule has 3 aromatic rings. The van der Waals surface area contributed by atoms with Gasteiger partial charge in [-0.15, -0.1) is 0 Å². The zero-order chi connectivity index (χ0) is 18.3. The predicted molar refractivity (Wildman–Crippen MR) is 97.4 cm³/mol. The molecule has 0 amide bonds. The Balaban J connectivity index is 1.53. The topological polar surface area (TPSA) is 106 Å². The molecule has 3 N–H and O–H groups in total. The Morgan fingerprint density at radius 1 is 1.35 bits per heavy atom. The predicted octanol–water partition coefficient (Wildman–Crippen LogP) is 1.39. The average Bonchev–Trinajstić information content (AvgIpc) is 3.26. The Morgan fingerprint density at radius 2 is 2.12 bits per heavy atom. The molecule has 1 saturated heterocycles. The van der Waals surface area contributed by atoms with Gasteiger partial charge in [0, 0.05) is 43.5 Å². The van der Waals surface area contributed by atoms with E-state index in [1.54, 1.807) is 0 Å². The molecule has 138 valence electrons. The number of aliphatic hydroxyl groups excluding tert-OH is 1. The lowest BCUT2D eigenvalue weighted by atomic mass is 9.96. The van der Waals surface area contributed by atoms with E-state index in [9.17, 15) is 5.11 Å². The third kappa shape index (κ3) is 3.00. The first-order valence-corrected chi connectivity index (χ1v) is 8.96. The maximum atomic E-state index is 9.85. The van der Waals surface area contributed by atoms with Gasteiger partial charge < -0.3 is 15.4 Å². The summed E-state index contributed by atoms with van der Waals surface area (Å²) in [5.74, 6) is 1.49. The highest BCUT2D eigenvalue weighted by molar-refractivity contribution is 5.85. The summed E-state index contributed by atoms with van der Waals surface area (Å²) in [4.78, 5) is 6.62. The number of rotatable bonds is 4. The van der Waals surface area contributed by atoms with Gasteiger partial charge in [-0.2, -0.15) is 10.1 Å². The van der Waals surface area contributed by atoms with Crippen molar-refractivity contribution in [2.24, 2.45) is 12.8 Å². The molecule has 0 bridgehead atoms. The van der Waals surface area contributed by atoms with Gasteiger partial charge >= 0.3 is 0 Å². The van der Waals surface area contributed by atoms with Crippen LogP contribution in [0.1, 0.15) is 30.3 Å². The third-order valence-corrected chi connectivity index (χ3v) is 5.25. The lowest BCUT2D eigenvalue weighted by Gasteiger charge is -2.33. The van der Waals surface area contributed by atoms with E-state index in [0.717, 1.165) is 48.1 Å². The normalized spacial score (nSPS) is 17.8. The first-order chi connectivity index (χ1) is 12.6. The number of benzene rings is 1. The van der Waals surface area contributed by atoms with Crippen LogP contribution in [0, 0.1) is 6.92 Å². The second-order valence-electron chi connectivity index (χ2n) is 6.92. The summed E-state index contributed by atoms with van der Waals surface area (Å²) in [5.41, 5.74) is 8.51. The van der Waals surface area contributed by atoms with Crippen LogP contribution in [-0.2, 0) is 7.05 Å². The monoisotopic (exact) mass is 356 g/mol. The van der Waals surface area contributed by atoms with E-state index in [4.69, 9.17) is 10.3 Å². The first kappa shape index (κ1) is 17.1. The van der Waals surface area contributed by atoms with Gasteiger partial charge in [-0.1, -0.05) is 17.3 Å². The number of fused-ring (bicyclic) bond motifs is 1. The fourth-order valence-corrected chi connectivity index (χ4v) is 3.69. The van der Waals surface area contributed by atoms with E-state index in [-0.39, 0.29) is 12.5 Å². The van der Waals surface area contributed by atoms with E-state index in [2.05, 4.69) is 21.3 Å². The summed E-state index contributed by atoms with van der Waals surface area (Å²) in [6.45, 7) is 3.82. The highest BCUT2D eigenvalue weighted by Gasteiger charge is 2.27. The molecule has 0 spiro atoms. The van der Waals surface area contributed by atoms with Gasteiger partial charge in [0.05, 0.1) is 11.2 Å². The molecular formula is C18H24N6O2. The van der Waals surface area contributed by atoms with Crippen LogP contribution in [0.3, 0.4) is 0 Å². The molecule has 1 unspecified atom stereocenters. The third-order valence-electron chi connectivity index (χ3n) is 5.25. The van der Waals surface area contributed by atoms with Crippen molar-refractivity contribution in [3.63, 3.8) is 0 Å². The minimum Gasteiger partial charge on any atom is -0.377 e. The second-order valence-corrected chi connectivity index (χ2v) is 6.92. The van der Waals surface area contributed by atoms with Crippen molar-refractivity contribution in [3.8, 4) is 11.4 Å². The van der Waals surface area contributed by atoms with Crippen LogP contribution in [0.25, 0.3) is 22.3 Å². The van der Waals surface area contributed by atoms with Gasteiger partial charge in [0.15, 0.2) is 0 Å². The van der Waals surface area contributed by atoms with E-state index in [0.29, 0.717) is 11.7 Å². The van der Waals surface area contributed by atoms with E-state index < -0.39 is 6.23 Å². The highest BCUT2D eigenvalue weighted by atomic mass is 16.5. The van der Waals surface area contributed by atoms with Crippen LogP contribution >= 0.6 is 0 Å². The minimum atomic E-state index is -0.566. The largest absolute Gasteiger partial charge is 0.377 e. The van der Waals surface area contributed by atoms with Gasteiger partial charge in [0.1, 0.15) is 6.23 Å². The molecule has 1 aliphatic heterocycles. The Kier molecular flexibility index (Phi) is 4.47. The molecule has 26 heavy (non-hydrogen) atoms. The average molecular weight is 356 g/mol. The number of likely N-dealkylation sites (tertiary alicyclic amines) is 1. The summed E-state index contributed by atoms with van der Waals surface area (Å²) in [6, 6.07) is 6.10. The molecule has 0 aliphatic carbocycles. The number of nitrogens with zero attached hydrogens (tertiary/aromatic N) is 5. The van der Waals surface area contributed by atoms with Gasteiger partial charge in [-0.3, -0.25) is 9.58 Å². The van der Waals surface area contributed by atoms with Crippen LogP contribution in [0.4, 0.5) is 0 Å². The van der Waals surface area contributed by atoms with E-state index in [1.807, 2.05) is 35.7 Å². The highest BCUT2D eigenvalue weighted by Crippen LogP contribution is 2.30. The maximum Gasteiger partial charge on any atom is 0.230 e. The molecule has 4 rings (SSSR count). The van der Waals surface area contributed by atoms with Crippen LogP contribution in [0.15, 0.2) is 22.7 Å². The fourth-order valence-electron chi connectivity index (χ4n) is 3.69. The molecule has 1 fully saturated rings. The smallest absolute Gasteiger partial charge is 0.230 e. The number of hydrogen-bond acceptors (Lipinski definition) is 7. The molecule has 8 nitrogen and oxygen atoms in total. The molecule has 8 heteroatoms. The van der Waals surface area contributed by atoms with Gasteiger partial charge in [0.25, 0.3) is 0 Å². The fraction of sp³-hybridized carbons (Fsp3) is 0.500. The van der Waals surface area contributed by atoms with Crippen LogP contribution in [0.2, 0.25) is 0 Å². The van der Waals surface area contributed by atoms with Crippen molar-refractivity contribution in [1.82, 2.24) is 24.8 Å². The Bertz CT molecular complexity index is 910. The molecule has 2 aromatic heterocycles. The van der Waals surface area contributed by atoms with E-state index in [1.165, 1.54) is 0 Å². The molecule has 1 aromatic carbocycles. The van der Waals surface area contributed by atoms with Crippen LogP contribution < -0.4 is 5.73 Å². The standard InChI is InChI=1S/C18H24N6O2/c1-11-14-4-3-13(9-15(14)23(2)21-11)17-20-18(26-22-17)12-5-7-24(8-6-12)16(25)10-19/h3-4,9,12,16,25H,5-8,10,19H2,1-2H3. The Morgan fingerprint density at radius 3 is 2.85 bits per heavy atom. The number of aliphatic hydroxyl groups is 1. The maximum absolute atomic E-state index is 9.85. The molecule has 0 radical (unpaired) electrons. The van der Waals surface area contributed by atoms with Crippen molar-refractivity contribution < 1.29 is 9.63 Å². The summed E-state index contributed by atoms with van der Waals surface area (Å²) in [5, 5.41) is 19.6. The van der Waals surface area contributed by atoms with Crippen molar-refractivity contribution in [2.45, 2.75) is 31.9 Å². The number of aryl methyl sites for hydroxylation is 2. The van der Waals surface area contributed by atoms with Crippen molar-refractivity contribution >= 4 is 10.9 Å². The second kappa shape index (κ2) is 6.79. The SMILES string of the molecule is Cc1nn(C)c2cc(-c3noc(C4CCN(C(O)CN)CC4)n3)ccc12. The number of nitrogens with two attached hydrogens (primary N) is 1. The van der Waals surface area contributed by atoms with Crippen molar-refractivity contribution in [1.29, 1.82) is 0 Å². The zero-order valence-corrected chi connectivity index (χ0v) is 15.1. The molecule has 0 saturated carbocycles. The molecule has 1 atom stereocenters. The van der Waals surface area contributed by atoms with Crippen LogP contribution in [0.5, 0.6) is 0 Å². The lowest BCUT2D eigenvalue weighted by Crippen LogP contribution is -2.44. The van der Waals surface area contributed by atoms with Crippen molar-refractivity contribution in [2.75, 3.05) is 19.6 Å². The summed E-state index contributed by atoms with van der Waals surface area (Å²) < 4.78 is 7.41. The Hall–Kier alpha value is -2.29. The lowest BCUT2D eigenvalue weighted by molar-refractivity contribution is -0.00581. The van der Waals surface area contributed by atoms with Gasteiger partial charge in [0.2, 0.25) is 11.7 Å². The van der Waals surface area contributed by atoms with Gasteiger partial charge in [-0.25, -0.2) is 0 Å². The molecule has 3 heterocycles. The number of hydrogen-bond donors (Lipinski definition) is 2. The van der Waals surface area contributed by atoms with E-state index >= 15 is 0 Å². The Labute approximate surface area is 151 Å². The summed E-state index contributed by atoms with van der Waals surface area (Å²) in [7, 11) is 1.93. The quantitative estimate of drug-likeness (QED) is 0.727. The van der Waals surface area contributed by atoms with Crippen molar-refractivity contribution in [3.05, 3.63) is 29.8 Å². The van der Waals surface area contributed by atoms with Gasteiger partial charge in [-0.05, 0) is 25.8 Å².